The largest absolute Gasteiger partial charge is 0.454 e. The van der Waals surface area contributed by atoms with E-state index in [4.69, 9.17) is 15.2 Å². The molecule has 1 aromatic rings. The SMILES string of the molecule is N#CC1=C(N)OC2=C(C(=O)OC3C=CC=CC23)C1c1ccccc1C(F)(F)F. The van der Waals surface area contributed by atoms with Crippen molar-refractivity contribution in [3.05, 3.63) is 82.5 Å². The van der Waals surface area contributed by atoms with Gasteiger partial charge in [-0.1, -0.05) is 36.4 Å². The molecule has 0 fully saturated rings. The van der Waals surface area contributed by atoms with E-state index in [0.29, 0.717) is 0 Å². The highest BCUT2D eigenvalue weighted by Crippen LogP contribution is 2.48. The highest BCUT2D eigenvalue weighted by Gasteiger charge is 2.48. The van der Waals surface area contributed by atoms with E-state index in [0.717, 1.165) is 6.07 Å². The third-order valence-electron chi connectivity index (χ3n) is 4.88. The van der Waals surface area contributed by atoms with Crippen molar-refractivity contribution in [2.75, 3.05) is 0 Å². The number of alkyl halides is 3. The predicted octanol–water partition coefficient (Wildman–Crippen LogP) is 3.43. The van der Waals surface area contributed by atoms with E-state index < -0.39 is 35.6 Å². The van der Waals surface area contributed by atoms with Gasteiger partial charge in [-0.2, -0.15) is 18.4 Å². The standard InChI is InChI=1S/C20H13F3N2O3/c21-20(22,23)13-7-3-1-5-10(13)15-12(9-24)18(25)28-17-11-6-2-4-8-14(11)27-19(26)16(15)17/h1-8,11,14-15H,25H2. The molecule has 0 saturated carbocycles. The highest BCUT2D eigenvalue weighted by atomic mass is 19.4. The lowest BCUT2D eigenvalue weighted by Gasteiger charge is -2.38. The van der Waals surface area contributed by atoms with Crippen LogP contribution < -0.4 is 5.73 Å². The molecule has 3 atom stereocenters. The molecule has 0 bridgehead atoms. The van der Waals surface area contributed by atoms with Crippen molar-refractivity contribution in [2.45, 2.75) is 18.2 Å². The number of hydrogen-bond acceptors (Lipinski definition) is 5. The van der Waals surface area contributed by atoms with Crippen molar-refractivity contribution in [1.29, 1.82) is 5.26 Å². The van der Waals surface area contributed by atoms with Crippen molar-refractivity contribution >= 4 is 5.97 Å². The molecule has 0 radical (unpaired) electrons. The zero-order valence-corrected chi connectivity index (χ0v) is 14.2. The molecule has 5 nitrogen and oxygen atoms in total. The normalized spacial score (nSPS) is 26.2. The number of fused-ring (bicyclic) bond motifs is 2. The Balaban J connectivity index is 1.97. The maximum absolute atomic E-state index is 13.6. The fourth-order valence-corrected chi connectivity index (χ4v) is 3.68. The van der Waals surface area contributed by atoms with Gasteiger partial charge >= 0.3 is 12.1 Å². The third kappa shape index (κ3) is 2.67. The average Bonchev–Trinajstić information content (AvgIpc) is 2.66. The van der Waals surface area contributed by atoms with Crippen LogP contribution in [0.5, 0.6) is 0 Å². The molecule has 2 heterocycles. The zero-order chi connectivity index (χ0) is 20.1. The number of benzene rings is 1. The predicted molar refractivity (Wildman–Crippen MR) is 90.8 cm³/mol. The maximum atomic E-state index is 13.6. The van der Waals surface area contributed by atoms with Crippen LogP contribution in [0.3, 0.4) is 0 Å². The number of nitrogens with zero attached hydrogens (tertiary/aromatic N) is 1. The summed E-state index contributed by atoms with van der Waals surface area (Å²) in [6, 6.07) is 6.57. The fraction of sp³-hybridized carbons (Fsp3) is 0.200. The fourth-order valence-electron chi connectivity index (χ4n) is 3.68. The first kappa shape index (κ1) is 17.9. The van der Waals surface area contributed by atoms with Crippen LogP contribution in [-0.2, 0) is 20.4 Å². The Morgan fingerprint density at radius 3 is 2.57 bits per heavy atom. The van der Waals surface area contributed by atoms with Crippen molar-refractivity contribution in [3.63, 3.8) is 0 Å². The molecule has 2 N–H and O–H groups in total. The summed E-state index contributed by atoms with van der Waals surface area (Å²) >= 11 is 0. The van der Waals surface area contributed by atoms with Crippen LogP contribution in [0.2, 0.25) is 0 Å². The number of ether oxygens (including phenoxy) is 2. The van der Waals surface area contributed by atoms with Crippen LogP contribution in [0, 0.1) is 17.2 Å². The molecule has 1 aliphatic carbocycles. The van der Waals surface area contributed by atoms with Gasteiger partial charge < -0.3 is 15.2 Å². The van der Waals surface area contributed by atoms with Gasteiger partial charge in [-0.25, -0.2) is 4.79 Å². The van der Waals surface area contributed by atoms with Crippen LogP contribution in [0.25, 0.3) is 0 Å². The molecule has 1 aromatic carbocycles. The lowest BCUT2D eigenvalue weighted by atomic mass is 9.77. The van der Waals surface area contributed by atoms with Gasteiger partial charge in [0.05, 0.1) is 23.0 Å². The molecule has 2 aliphatic heterocycles. The summed E-state index contributed by atoms with van der Waals surface area (Å²) in [4.78, 5) is 12.7. The second-order valence-electron chi connectivity index (χ2n) is 6.45. The minimum absolute atomic E-state index is 0.111. The van der Waals surface area contributed by atoms with Gasteiger partial charge in [-0.05, 0) is 17.7 Å². The number of carbonyl (C=O) groups is 1. The minimum Gasteiger partial charge on any atom is -0.454 e. The molecule has 4 rings (SSSR count). The molecule has 28 heavy (non-hydrogen) atoms. The summed E-state index contributed by atoms with van der Waals surface area (Å²) in [6.07, 6.45) is 1.44. The molecule has 0 saturated heterocycles. The van der Waals surface area contributed by atoms with Crippen LogP contribution in [0.15, 0.2) is 71.4 Å². The van der Waals surface area contributed by atoms with Gasteiger partial charge in [-0.15, -0.1) is 0 Å². The van der Waals surface area contributed by atoms with Crippen LogP contribution in [-0.4, -0.2) is 12.1 Å². The Labute approximate surface area is 157 Å². The maximum Gasteiger partial charge on any atom is 0.416 e. The van der Waals surface area contributed by atoms with Crippen molar-refractivity contribution in [1.82, 2.24) is 0 Å². The van der Waals surface area contributed by atoms with E-state index in [2.05, 4.69) is 0 Å². The summed E-state index contributed by atoms with van der Waals surface area (Å²) in [5.41, 5.74) is 4.27. The number of halogens is 3. The molecule has 142 valence electrons. The van der Waals surface area contributed by atoms with Crippen molar-refractivity contribution in [3.8, 4) is 6.07 Å². The van der Waals surface area contributed by atoms with E-state index in [1.165, 1.54) is 18.2 Å². The number of rotatable bonds is 1. The molecule has 0 spiro atoms. The second kappa shape index (κ2) is 6.30. The summed E-state index contributed by atoms with van der Waals surface area (Å²) in [5.74, 6) is -2.91. The van der Waals surface area contributed by atoms with E-state index in [1.807, 2.05) is 0 Å². The Kier molecular flexibility index (Phi) is 4.03. The van der Waals surface area contributed by atoms with E-state index in [9.17, 15) is 23.2 Å². The average molecular weight is 386 g/mol. The number of hydrogen-bond donors (Lipinski definition) is 1. The first-order valence-corrected chi connectivity index (χ1v) is 8.36. The monoisotopic (exact) mass is 386 g/mol. The summed E-state index contributed by atoms with van der Waals surface area (Å²) in [7, 11) is 0. The van der Waals surface area contributed by atoms with Crippen LogP contribution in [0.1, 0.15) is 17.0 Å². The van der Waals surface area contributed by atoms with Crippen LogP contribution in [0.4, 0.5) is 13.2 Å². The van der Waals surface area contributed by atoms with Crippen molar-refractivity contribution < 1.29 is 27.4 Å². The summed E-state index contributed by atoms with van der Waals surface area (Å²) in [6.45, 7) is 0. The van der Waals surface area contributed by atoms with Gasteiger partial charge in [0.2, 0.25) is 5.88 Å². The first-order chi connectivity index (χ1) is 13.3. The highest BCUT2D eigenvalue weighted by molar-refractivity contribution is 5.94. The zero-order valence-electron chi connectivity index (χ0n) is 14.2. The van der Waals surface area contributed by atoms with Gasteiger partial charge in [-0.3, -0.25) is 0 Å². The van der Waals surface area contributed by atoms with E-state index >= 15 is 0 Å². The lowest BCUT2D eigenvalue weighted by Crippen LogP contribution is -2.39. The molecule has 0 amide bonds. The van der Waals surface area contributed by atoms with Gasteiger partial charge in [0, 0.05) is 0 Å². The quantitative estimate of drug-likeness (QED) is 0.748. The first-order valence-electron chi connectivity index (χ1n) is 8.36. The summed E-state index contributed by atoms with van der Waals surface area (Å²) < 4.78 is 51.8. The number of allylic oxidation sites excluding steroid dienone is 3. The van der Waals surface area contributed by atoms with E-state index in [1.54, 1.807) is 30.4 Å². The minimum atomic E-state index is -4.68. The third-order valence-corrected chi connectivity index (χ3v) is 4.88. The smallest absolute Gasteiger partial charge is 0.416 e. The Morgan fingerprint density at radius 1 is 1.14 bits per heavy atom. The van der Waals surface area contributed by atoms with Crippen LogP contribution >= 0.6 is 0 Å². The Morgan fingerprint density at radius 2 is 1.86 bits per heavy atom. The number of esters is 1. The lowest BCUT2D eigenvalue weighted by molar-refractivity contribution is -0.147. The Bertz CT molecular complexity index is 1030. The summed E-state index contributed by atoms with van der Waals surface area (Å²) in [5, 5.41) is 9.55. The number of nitrogens with two attached hydrogens (primary N) is 1. The number of nitriles is 1. The molecule has 0 aromatic heterocycles. The van der Waals surface area contributed by atoms with Gasteiger partial charge in [0.25, 0.3) is 0 Å². The molecule has 8 heteroatoms. The molecular weight excluding hydrogens is 373 g/mol. The number of carbonyl (C=O) groups excluding carboxylic acids is 1. The topological polar surface area (TPSA) is 85.3 Å². The Hall–Kier alpha value is -3.47. The molecule has 3 aliphatic rings. The van der Waals surface area contributed by atoms with Gasteiger partial charge in [0.1, 0.15) is 23.5 Å². The van der Waals surface area contributed by atoms with E-state index in [-0.39, 0.29) is 28.4 Å². The second-order valence-corrected chi connectivity index (χ2v) is 6.45. The van der Waals surface area contributed by atoms with Crippen molar-refractivity contribution in [2.24, 2.45) is 11.7 Å². The van der Waals surface area contributed by atoms with Gasteiger partial charge in [0.15, 0.2) is 0 Å². The molecular formula is C20H13F3N2O3. The molecule has 3 unspecified atom stereocenters.